The molecular formula is C27H25NO5S. The van der Waals surface area contributed by atoms with Crippen molar-refractivity contribution in [2.75, 3.05) is 0 Å². The van der Waals surface area contributed by atoms with Crippen LogP contribution in [0, 0.1) is 6.92 Å². The number of thiophene rings is 1. The molecule has 174 valence electrons. The van der Waals surface area contributed by atoms with Crippen molar-refractivity contribution in [3.8, 4) is 17.2 Å². The number of hydrogen-bond acceptors (Lipinski definition) is 6. The first-order valence-corrected chi connectivity index (χ1v) is 11.8. The Morgan fingerprint density at radius 1 is 1.03 bits per heavy atom. The van der Waals surface area contributed by atoms with Crippen molar-refractivity contribution in [3.63, 3.8) is 0 Å². The average molecular weight is 476 g/mol. The van der Waals surface area contributed by atoms with E-state index in [4.69, 9.17) is 9.15 Å². The summed E-state index contributed by atoms with van der Waals surface area (Å²) in [5.41, 5.74) is 0.210. The molecule has 0 bridgehead atoms. The van der Waals surface area contributed by atoms with Gasteiger partial charge in [-0.3, -0.25) is 4.79 Å². The molecule has 1 N–H and O–H groups in total. The molecule has 0 spiro atoms. The molecule has 0 aliphatic heterocycles. The van der Waals surface area contributed by atoms with Gasteiger partial charge in [0.05, 0.1) is 10.6 Å². The summed E-state index contributed by atoms with van der Waals surface area (Å²) in [6, 6.07) is 22.0. The highest BCUT2D eigenvalue weighted by Gasteiger charge is 2.36. The van der Waals surface area contributed by atoms with Crippen molar-refractivity contribution in [1.29, 1.82) is 0 Å². The molecule has 0 fully saturated rings. The third-order valence-corrected chi connectivity index (χ3v) is 6.62. The molecule has 4 aromatic rings. The van der Waals surface area contributed by atoms with Crippen LogP contribution < -0.4 is 4.74 Å². The fourth-order valence-electron chi connectivity index (χ4n) is 3.58. The molecule has 1 unspecified atom stereocenters. The van der Waals surface area contributed by atoms with Gasteiger partial charge in [-0.05, 0) is 50.2 Å². The van der Waals surface area contributed by atoms with E-state index in [1.807, 2.05) is 43.3 Å². The number of oxazole rings is 1. The second-order valence-electron chi connectivity index (χ2n) is 8.20. The summed E-state index contributed by atoms with van der Waals surface area (Å²) in [4.78, 5) is 30.7. The van der Waals surface area contributed by atoms with Gasteiger partial charge >= 0.3 is 5.97 Å². The van der Waals surface area contributed by atoms with Crippen LogP contribution in [0.4, 0.5) is 0 Å². The van der Waals surface area contributed by atoms with Crippen molar-refractivity contribution >= 4 is 23.1 Å². The first-order chi connectivity index (χ1) is 16.3. The van der Waals surface area contributed by atoms with E-state index in [0.29, 0.717) is 28.7 Å². The topological polar surface area (TPSA) is 89.6 Å². The molecule has 34 heavy (non-hydrogen) atoms. The molecule has 0 aliphatic carbocycles. The van der Waals surface area contributed by atoms with Crippen LogP contribution in [0.5, 0.6) is 5.75 Å². The first-order valence-electron chi connectivity index (χ1n) is 11.0. The van der Waals surface area contributed by atoms with Crippen LogP contribution in [0.1, 0.15) is 39.3 Å². The van der Waals surface area contributed by atoms with E-state index in [0.717, 1.165) is 16.1 Å². The van der Waals surface area contributed by atoms with Crippen molar-refractivity contribution < 1.29 is 23.8 Å². The molecule has 6 nitrogen and oxygen atoms in total. The predicted molar refractivity (Wildman–Crippen MR) is 130 cm³/mol. The number of rotatable bonds is 10. The number of benzene rings is 2. The zero-order valence-electron chi connectivity index (χ0n) is 19.0. The number of carbonyl (C=O) groups is 2. The Hall–Kier alpha value is -3.71. The summed E-state index contributed by atoms with van der Waals surface area (Å²) in [6.07, 6.45) is 0.911. The van der Waals surface area contributed by atoms with Crippen LogP contribution in [-0.4, -0.2) is 27.4 Å². The van der Waals surface area contributed by atoms with Crippen molar-refractivity contribution in [2.24, 2.45) is 0 Å². The molecule has 7 heteroatoms. The number of ketones is 1. The molecular weight excluding hydrogens is 450 g/mol. The Morgan fingerprint density at radius 3 is 2.38 bits per heavy atom. The van der Waals surface area contributed by atoms with Gasteiger partial charge < -0.3 is 14.3 Å². The summed E-state index contributed by atoms with van der Waals surface area (Å²) in [6.45, 7) is 3.39. The summed E-state index contributed by atoms with van der Waals surface area (Å²) in [5, 5.41) is 9.79. The van der Waals surface area contributed by atoms with Gasteiger partial charge in [0, 0.05) is 29.7 Å². The number of aliphatic carboxylic acids is 1. The van der Waals surface area contributed by atoms with Crippen molar-refractivity contribution in [3.05, 3.63) is 94.0 Å². The maximum absolute atomic E-state index is 12.8. The van der Waals surface area contributed by atoms with E-state index in [1.165, 1.54) is 11.3 Å². The van der Waals surface area contributed by atoms with Crippen LogP contribution in [0.3, 0.4) is 0 Å². The molecule has 0 radical (unpaired) electrons. The Morgan fingerprint density at radius 2 is 1.71 bits per heavy atom. The second kappa shape index (κ2) is 10.1. The summed E-state index contributed by atoms with van der Waals surface area (Å²) in [7, 11) is 0. The Balaban J connectivity index is 1.40. The maximum atomic E-state index is 12.8. The van der Waals surface area contributed by atoms with E-state index in [1.54, 1.807) is 43.3 Å². The number of aryl methyl sites for hydroxylation is 2. The Kier molecular flexibility index (Phi) is 6.93. The summed E-state index contributed by atoms with van der Waals surface area (Å²) < 4.78 is 11.6. The number of para-hydroxylation sites is 1. The third-order valence-electron chi connectivity index (χ3n) is 5.49. The number of carboxylic acid groups (broad SMARTS) is 1. The normalized spacial score (nSPS) is 12.8. The number of carbonyl (C=O) groups excluding carboxylic acids is 1. The minimum Gasteiger partial charge on any atom is -0.478 e. The number of aromatic nitrogens is 1. The minimum atomic E-state index is -1.45. The maximum Gasteiger partial charge on any atom is 0.348 e. The van der Waals surface area contributed by atoms with Gasteiger partial charge in [-0.2, -0.15) is 0 Å². The van der Waals surface area contributed by atoms with Crippen molar-refractivity contribution in [2.45, 2.75) is 38.7 Å². The minimum absolute atomic E-state index is 0.0130. The summed E-state index contributed by atoms with van der Waals surface area (Å²) in [5.74, 6) is 0.659. The number of nitrogens with zero attached hydrogens (tertiary/aromatic N) is 1. The quantitative estimate of drug-likeness (QED) is 0.283. The Labute approximate surface area is 201 Å². The number of ether oxygens (including phenoxy) is 1. The molecule has 2 heterocycles. The zero-order valence-corrected chi connectivity index (χ0v) is 19.8. The first kappa shape index (κ1) is 23.4. The monoisotopic (exact) mass is 475 g/mol. The highest BCUT2D eigenvalue weighted by Crippen LogP contribution is 2.28. The molecule has 2 aromatic carbocycles. The molecule has 0 aliphatic rings. The second-order valence-corrected chi connectivity index (χ2v) is 9.37. The van der Waals surface area contributed by atoms with E-state index in [-0.39, 0.29) is 18.6 Å². The lowest BCUT2D eigenvalue weighted by Crippen LogP contribution is -2.43. The Bertz CT molecular complexity index is 1280. The van der Waals surface area contributed by atoms with Crippen LogP contribution in [-0.2, 0) is 17.6 Å². The zero-order chi connectivity index (χ0) is 24.1. The third kappa shape index (κ3) is 5.43. The van der Waals surface area contributed by atoms with E-state index in [9.17, 15) is 14.7 Å². The van der Waals surface area contributed by atoms with Gasteiger partial charge in [0.1, 0.15) is 11.5 Å². The van der Waals surface area contributed by atoms with Gasteiger partial charge in [0.15, 0.2) is 5.78 Å². The molecule has 4 rings (SSSR count). The molecule has 1 atom stereocenters. The van der Waals surface area contributed by atoms with E-state index >= 15 is 0 Å². The highest BCUT2D eigenvalue weighted by molar-refractivity contribution is 7.14. The highest BCUT2D eigenvalue weighted by atomic mass is 32.1. The average Bonchev–Trinajstić information content (AvgIpc) is 3.45. The lowest BCUT2D eigenvalue weighted by molar-refractivity contribution is -0.153. The lowest BCUT2D eigenvalue weighted by Gasteiger charge is -2.25. The molecule has 0 amide bonds. The molecule has 0 saturated carbocycles. The van der Waals surface area contributed by atoms with Crippen molar-refractivity contribution in [1.82, 2.24) is 4.98 Å². The number of hydrogen-bond donors (Lipinski definition) is 1. The van der Waals surface area contributed by atoms with Crippen LogP contribution in [0.15, 0.2) is 77.2 Å². The summed E-state index contributed by atoms with van der Waals surface area (Å²) >= 11 is 1.30. The number of Topliss-reactive ketones (excluding diaryl/α,β-unsaturated/α-hetero) is 1. The molecule has 0 saturated heterocycles. The van der Waals surface area contributed by atoms with Crippen LogP contribution in [0.2, 0.25) is 0 Å². The fraction of sp³-hybridized carbons (Fsp3) is 0.222. The van der Waals surface area contributed by atoms with Gasteiger partial charge in [-0.1, -0.05) is 36.4 Å². The van der Waals surface area contributed by atoms with E-state index < -0.39 is 11.6 Å². The molecule has 2 aromatic heterocycles. The van der Waals surface area contributed by atoms with Gasteiger partial charge in [0.2, 0.25) is 11.5 Å². The van der Waals surface area contributed by atoms with Gasteiger partial charge in [-0.15, -0.1) is 11.3 Å². The SMILES string of the molecule is Cc1oc(-c2ccccc2)nc1CCC(=O)c1ccc(CC(C)(Oc2ccccc2)C(=O)O)s1. The standard InChI is InChI=1S/C27H25NO5S/c1-18-22(28-25(32-18)19-9-5-3-6-10-19)14-15-23(29)24-16-13-21(34-24)17-27(2,26(30)31)33-20-11-7-4-8-12-20/h3-13,16H,14-15,17H2,1-2H3,(H,30,31). The fourth-order valence-corrected chi connectivity index (χ4v) is 4.70. The smallest absolute Gasteiger partial charge is 0.348 e. The van der Waals surface area contributed by atoms with Crippen LogP contribution in [0.25, 0.3) is 11.5 Å². The van der Waals surface area contributed by atoms with Crippen LogP contribution >= 0.6 is 11.3 Å². The largest absolute Gasteiger partial charge is 0.478 e. The predicted octanol–water partition coefficient (Wildman–Crippen LogP) is 5.99. The van der Waals surface area contributed by atoms with Gasteiger partial charge in [-0.25, -0.2) is 9.78 Å². The van der Waals surface area contributed by atoms with E-state index in [2.05, 4.69) is 4.98 Å². The van der Waals surface area contributed by atoms with Gasteiger partial charge in [0.25, 0.3) is 0 Å². The lowest BCUT2D eigenvalue weighted by atomic mass is 10.0. The number of carboxylic acids is 1.